The van der Waals surface area contributed by atoms with Crippen molar-refractivity contribution >= 4 is 9.84 Å². The van der Waals surface area contributed by atoms with Gasteiger partial charge in [0.05, 0.1) is 10.5 Å². The van der Waals surface area contributed by atoms with Crippen LogP contribution in [0.15, 0.2) is 0 Å². The molecule has 0 radical (unpaired) electrons. The van der Waals surface area contributed by atoms with Gasteiger partial charge in [0.2, 0.25) is 0 Å². The molecule has 0 aromatic rings. The van der Waals surface area contributed by atoms with E-state index in [1.54, 1.807) is 0 Å². The predicted octanol–water partition coefficient (Wildman–Crippen LogP) is 1.46. The number of rotatable bonds is 0. The van der Waals surface area contributed by atoms with Crippen LogP contribution in [-0.4, -0.2) is 18.9 Å². The van der Waals surface area contributed by atoms with Crippen molar-refractivity contribution in [3.63, 3.8) is 0 Å². The van der Waals surface area contributed by atoms with Crippen LogP contribution in [0.1, 0.15) is 27.7 Å². The van der Waals surface area contributed by atoms with Crippen molar-refractivity contribution in [1.29, 1.82) is 0 Å². The summed E-state index contributed by atoms with van der Waals surface area (Å²) in [5, 5.41) is -0.292. The van der Waals surface area contributed by atoms with E-state index in [-0.39, 0.29) is 10.5 Å². The highest BCUT2D eigenvalue weighted by molar-refractivity contribution is 7.92. The maximum absolute atomic E-state index is 11.5. The smallest absolute Gasteiger partial charge is 0.156 e. The average molecular weight is 176 g/mol. The van der Waals surface area contributed by atoms with Crippen LogP contribution >= 0.6 is 0 Å². The molecule has 1 aliphatic rings. The molecular weight excluding hydrogens is 160 g/mol. The van der Waals surface area contributed by atoms with Crippen LogP contribution in [0.2, 0.25) is 0 Å². The molecule has 0 bridgehead atoms. The lowest BCUT2D eigenvalue weighted by molar-refractivity contribution is 0.413. The zero-order valence-corrected chi connectivity index (χ0v) is 8.35. The van der Waals surface area contributed by atoms with Gasteiger partial charge < -0.3 is 0 Å². The Hall–Kier alpha value is -0.0500. The molecule has 3 heteroatoms. The molecule has 11 heavy (non-hydrogen) atoms. The standard InChI is InChI=1S/C8H16O2S/c1-5-6(2)8(4)11(9,10)7(5)3/h5-8H,1-4H3. The molecule has 0 aromatic heterocycles. The third-order valence-corrected chi connectivity index (χ3v) is 6.28. The molecule has 2 nitrogen and oxygen atoms in total. The van der Waals surface area contributed by atoms with Crippen LogP contribution in [0.5, 0.6) is 0 Å². The summed E-state index contributed by atoms with van der Waals surface area (Å²) in [5.41, 5.74) is 0. The summed E-state index contributed by atoms with van der Waals surface area (Å²) in [6, 6.07) is 0. The second-order valence-corrected chi connectivity index (χ2v) is 6.38. The van der Waals surface area contributed by atoms with E-state index in [0.717, 1.165) is 0 Å². The molecule has 0 amide bonds. The van der Waals surface area contributed by atoms with Crippen LogP contribution < -0.4 is 0 Å². The normalized spacial score (nSPS) is 49.5. The van der Waals surface area contributed by atoms with Crippen molar-refractivity contribution < 1.29 is 8.42 Å². The van der Waals surface area contributed by atoms with Gasteiger partial charge in [-0.2, -0.15) is 0 Å². The van der Waals surface area contributed by atoms with Crippen molar-refractivity contribution in [3.05, 3.63) is 0 Å². The highest BCUT2D eigenvalue weighted by Gasteiger charge is 2.45. The summed E-state index contributed by atoms with van der Waals surface area (Å²) in [5.74, 6) is 0.630. The van der Waals surface area contributed by atoms with E-state index in [9.17, 15) is 8.42 Å². The molecule has 1 aliphatic heterocycles. The van der Waals surface area contributed by atoms with E-state index >= 15 is 0 Å². The zero-order chi connectivity index (χ0) is 8.81. The van der Waals surface area contributed by atoms with Crippen molar-refractivity contribution in [1.82, 2.24) is 0 Å². The average Bonchev–Trinajstić information content (AvgIpc) is 2.06. The van der Waals surface area contributed by atoms with Crippen molar-refractivity contribution in [2.75, 3.05) is 0 Å². The fourth-order valence-electron chi connectivity index (χ4n) is 1.79. The lowest BCUT2D eigenvalue weighted by Crippen LogP contribution is -2.20. The SMILES string of the molecule is CC1C(C)C(C)S(=O)(=O)C1C. The van der Waals surface area contributed by atoms with Gasteiger partial charge >= 0.3 is 0 Å². The molecular formula is C8H16O2S. The first-order valence-electron chi connectivity index (χ1n) is 4.11. The predicted molar refractivity (Wildman–Crippen MR) is 46.2 cm³/mol. The minimum Gasteiger partial charge on any atom is -0.228 e. The van der Waals surface area contributed by atoms with Gasteiger partial charge in [0, 0.05) is 0 Å². The Morgan fingerprint density at radius 2 is 1.09 bits per heavy atom. The van der Waals surface area contributed by atoms with Crippen LogP contribution in [0, 0.1) is 11.8 Å². The molecule has 1 rings (SSSR count). The fraction of sp³-hybridized carbons (Fsp3) is 1.00. The second kappa shape index (κ2) is 2.47. The topological polar surface area (TPSA) is 34.1 Å². The number of sulfone groups is 1. The van der Waals surface area contributed by atoms with Crippen molar-refractivity contribution in [2.45, 2.75) is 38.2 Å². The van der Waals surface area contributed by atoms with E-state index in [1.165, 1.54) is 0 Å². The minimum atomic E-state index is -2.80. The van der Waals surface area contributed by atoms with Crippen LogP contribution in [0.3, 0.4) is 0 Å². The van der Waals surface area contributed by atoms with Crippen LogP contribution in [0.25, 0.3) is 0 Å². The zero-order valence-electron chi connectivity index (χ0n) is 7.53. The van der Waals surface area contributed by atoms with Gasteiger partial charge in [-0.25, -0.2) is 8.42 Å². The monoisotopic (exact) mass is 176 g/mol. The van der Waals surface area contributed by atoms with Gasteiger partial charge in [0.15, 0.2) is 9.84 Å². The molecule has 0 spiro atoms. The van der Waals surface area contributed by atoms with E-state index in [4.69, 9.17) is 0 Å². The summed E-state index contributed by atoms with van der Waals surface area (Å²) in [7, 11) is -2.80. The highest BCUT2D eigenvalue weighted by Crippen LogP contribution is 2.36. The first kappa shape index (κ1) is 9.04. The van der Waals surface area contributed by atoms with E-state index < -0.39 is 9.84 Å². The highest BCUT2D eigenvalue weighted by atomic mass is 32.2. The fourth-order valence-corrected chi connectivity index (χ4v) is 4.16. The Bertz CT molecular complexity index is 223. The summed E-state index contributed by atoms with van der Waals surface area (Å²) in [4.78, 5) is 0. The van der Waals surface area contributed by atoms with Gasteiger partial charge in [-0.1, -0.05) is 13.8 Å². The van der Waals surface area contributed by atoms with Crippen molar-refractivity contribution in [2.24, 2.45) is 11.8 Å². The number of hydrogen-bond acceptors (Lipinski definition) is 2. The number of hydrogen-bond donors (Lipinski definition) is 0. The van der Waals surface area contributed by atoms with Crippen molar-refractivity contribution in [3.8, 4) is 0 Å². The van der Waals surface area contributed by atoms with Crippen LogP contribution in [0.4, 0.5) is 0 Å². The molecule has 4 unspecified atom stereocenters. The molecule has 0 aromatic carbocycles. The maximum Gasteiger partial charge on any atom is 0.156 e. The molecule has 1 heterocycles. The quantitative estimate of drug-likeness (QED) is 0.560. The van der Waals surface area contributed by atoms with Gasteiger partial charge in [-0.05, 0) is 25.7 Å². The summed E-state index contributed by atoms with van der Waals surface area (Å²) in [6.07, 6.45) is 0. The molecule has 1 fully saturated rings. The lowest BCUT2D eigenvalue weighted by Gasteiger charge is -2.11. The summed E-state index contributed by atoms with van der Waals surface area (Å²) >= 11 is 0. The second-order valence-electron chi connectivity index (χ2n) is 3.72. The Kier molecular flexibility index (Phi) is 2.03. The molecule has 66 valence electrons. The minimum absolute atomic E-state index is 0.146. The lowest BCUT2D eigenvalue weighted by atomic mass is 9.92. The molecule has 0 saturated carbocycles. The summed E-state index contributed by atoms with van der Waals surface area (Å²) in [6.45, 7) is 7.69. The molecule has 0 aliphatic carbocycles. The Labute approximate surface area is 68.9 Å². The van der Waals surface area contributed by atoms with Crippen LogP contribution in [-0.2, 0) is 9.84 Å². The van der Waals surface area contributed by atoms with E-state index in [2.05, 4.69) is 0 Å². The van der Waals surface area contributed by atoms with E-state index in [0.29, 0.717) is 11.8 Å². The third-order valence-electron chi connectivity index (χ3n) is 3.35. The molecule has 0 N–H and O–H groups in total. The van der Waals surface area contributed by atoms with Gasteiger partial charge in [-0.15, -0.1) is 0 Å². The van der Waals surface area contributed by atoms with E-state index in [1.807, 2.05) is 27.7 Å². The Morgan fingerprint density at radius 1 is 0.818 bits per heavy atom. The molecule has 4 atom stereocenters. The maximum atomic E-state index is 11.5. The van der Waals surface area contributed by atoms with Gasteiger partial charge in [0.25, 0.3) is 0 Å². The van der Waals surface area contributed by atoms with Gasteiger partial charge in [-0.3, -0.25) is 0 Å². The first-order valence-corrected chi connectivity index (χ1v) is 5.72. The first-order chi connectivity index (χ1) is 4.89. The third kappa shape index (κ3) is 1.10. The Morgan fingerprint density at radius 3 is 1.18 bits per heavy atom. The Balaban J connectivity index is 3.06. The molecule has 1 saturated heterocycles. The van der Waals surface area contributed by atoms with Gasteiger partial charge in [0.1, 0.15) is 0 Å². The summed E-state index contributed by atoms with van der Waals surface area (Å²) < 4.78 is 23.0. The largest absolute Gasteiger partial charge is 0.228 e.